The number of hydrogen-bond donors (Lipinski definition) is 0. The Labute approximate surface area is 114 Å². The summed E-state index contributed by atoms with van der Waals surface area (Å²) in [6.45, 7) is 0. The number of benzene rings is 2. The van der Waals surface area contributed by atoms with Crippen LogP contribution in [-0.4, -0.2) is 19.0 Å². The van der Waals surface area contributed by atoms with Gasteiger partial charge in [-0.15, -0.1) is 0 Å². The van der Waals surface area contributed by atoms with E-state index >= 15 is 0 Å². The van der Waals surface area contributed by atoms with Crippen molar-refractivity contribution in [3.05, 3.63) is 59.4 Å². The SMILES string of the molecule is COC(=O)c1cccc(-c2ccc(F)c(C(=O)[O-])c2)c1. The van der Waals surface area contributed by atoms with Crippen LogP contribution < -0.4 is 5.11 Å². The predicted molar refractivity (Wildman–Crippen MR) is 67.5 cm³/mol. The van der Waals surface area contributed by atoms with Crippen LogP contribution in [0.5, 0.6) is 0 Å². The van der Waals surface area contributed by atoms with Crippen molar-refractivity contribution in [1.29, 1.82) is 0 Å². The molecule has 20 heavy (non-hydrogen) atoms. The number of carbonyl (C=O) groups is 2. The van der Waals surface area contributed by atoms with Crippen molar-refractivity contribution in [3.63, 3.8) is 0 Å². The average molecular weight is 273 g/mol. The molecule has 5 heteroatoms. The van der Waals surface area contributed by atoms with Crippen LogP contribution in [0.25, 0.3) is 11.1 Å². The zero-order valence-electron chi connectivity index (χ0n) is 10.6. The Morgan fingerprint density at radius 1 is 1.10 bits per heavy atom. The molecule has 2 aromatic carbocycles. The van der Waals surface area contributed by atoms with E-state index in [2.05, 4.69) is 4.74 Å². The topological polar surface area (TPSA) is 66.4 Å². The van der Waals surface area contributed by atoms with E-state index in [1.165, 1.54) is 25.3 Å². The maximum Gasteiger partial charge on any atom is 0.337 e. The predicted octanol–water partition coefficient (Wildman–Crippen LogP) is 1.64. The monoisotopic (exact) mass is 273 g/mol. The van der Waals surface area contributed by atoms with E-state index < -0.39 is 23.3 Å². The summed E-state index contributed by atoms with van der Waals surface area (Å²) in [5.41, 5.74) is 0.849. The highest BCUT2D eigenvalue weighted by Crippen LogP contribution is 2.23. The molecule has 2 aromatic rings. The Bertz CT molecular complexity index is 679. The van der Waals surface area contributed by atoms with Crippen molar-refractivity contribution in [2.75, 3.05) is 7.11 Å². The number of carboxylic acids is 1. The Hall–Kier alpha value is -2.69. The van der Waals surface area contributed by atoms with Gasteiger partial charge < -0.3 is 14.6 Å². The fraction of sp³-hybridized carbons (Fsp3) is 0.0667. The van der Waals surface area contributed by atoms with Gasteiger partial charge in [-0.25, -0.2) is 9.18 Å². The standard InChI is InChI=1S/C15H11FO4/c1-20-15(19)11-4-2-3-9(7-11)10-5-6-13(16)12(8-10)14(17)18/h2-8H,1H3,(H,17,18)/p-1. The summed E-state index contributed by atoms with van der Waals surface area (Å²) in [5.74, 6) is -2.96. The van der Waals surface area contributed by atoms with Crippen LogP contribution in [0.2, 0.25) is 0 Å². The molecule has 0 heterocycles. The van der Waals surface area contributed by atoms with Crippen LogP contribution in [0, 0.1) is 5.82 Å². The lowest BCUT2D eigenvalue weighted by molar-refractivity contribution is -0.255. The smallest absolute Gasteiger partial charge is 0.337 e. The molecule has 0 spiro atoms. The minimum atomic E-state index is -1.59. The molecule has 0 unspecified atom stereocenters. The van der Waals surface area contributed by atoms with E-state index in [1.54, 1.807) is 18.2 Å². The summed E-state index contributed by atoms with van der Waals surface area (Å²) in [6, 6.07) is 10.1. The first kappa shape index (κ1) is 13.7. The number of aromatic carboxylic acids is 1. The Morgan fingerprint density at radius 3 is 2.45 bits per heavy atom. The van der Waals surface area contributed by atoms with Crippen molar-refractivity contribution in [2.24, 2.45) is 0 Å². The van der Waals surface area contributed by atoms with Crippen molar-refractivity contribution < 1.29 is 23.8 Å². The van der Waals surface area contributed by atoms with Gasteiger partial charge in [-0.1, -0.05) is 18.2 Å². The lowest BCUT2D eigenvalue weighted by Gasteiger charge is -2.08. The molecule has 0 aliphatic carbocycles. The minimum Gasteiger partial charge on any atom is -0.545 e. The molecule has 102 valence electrons. The van der Waals surface area contributed by atoms with Gasteiger partial charge in [0.15, 0.2) is 0 Å². The lowest BCUT2D eigenvalue weighted by atomic mass is 10.0. The second kappa shape index (κ2) is 5.52. The summed E-state index contributed by atoms with van der Waals surface area (Å²) in [7, 11) is 1.26. The van der Waals surface area contributed by atoms with Crippen LogP contribution >= 0.6 is 0 Å². The Balaban J connectivity index is 2.49. The van der Waals surface area contributed by atoms with Crippen molar-refractivity contribution in [2.45, 2.75) is 0 Å². The van der Waals surface area contributed by atoms with Crippen LogP contribution in [0.3, 0.4) is 0 Å². The molecule has 0 saturated heterocycles. The number of rotatable bonds is 3. The van der Waals surface area contributed by atoms with Gasteiger partial charge in [0.2, 0.25) is 0 Å². The van der Waals surface area contributed by atoms with Crippen molar-refractivity contribution in [1.82, 2.24) is 0 Å². The fourth-order valence-corrected chi connectivity index (χ4v) is 1.80. The molecule has 0 amide bonds. The first-order valence-electron chi connectivity index (χ1n) is 5.72. The molecule has 0 aliphatic heterocycles. The summed E-state index contributed by atoms with van der Waals surface area (Å²) in [6.07, 6.45) is 0. The molecular weight excluding hydrogens is 263 g/mol. The molecule has 0 atom stereocenters. The van der Waals surface area contributed by atoms with Gasteiger partial charge in [-0.3, -0.25) is 0 Å². The third kappa shape index (κ3) is 2.66. The van der Waals surface area contributed by atoms with Gasteiger partial charge in [0.05, 0.1) is 18.6 Å². The molecule has 0 aliphatic rings. The number of esters is 1. The summed E-state index contributed by atoms with van der Waals surface area (Å²) in [5, 5.41) is 10.8. The number of halogens is 1. The normalized spacial score (nSPS) is 10.1. The number of ether oxygens (including phenoxy) is 1. The minimum absolute atomic E-state index is 0.323. The van der Waals surface area contributed by atoms with E-state index in [4.69, 9.17) is 0 Å². The molecule has 0 saturated carbocycles. The van der Waals surface area contributed by atoms with Crippen molar-refractivity contribution in [3.8, 4) is 11.1 Å². The quantitative estimate of drug-likeness (QED) is 0.797. The molecule has 4 nitrogen and oxygen atoms in total. The summed E-state index contributed by atoms with van der Waals surface area (Å²) < 4.78 is 17.9. The number of carbonyl (C=O) groups excluding carboxylic acids is 2. The second-order valence-electron chi connectivity index (χ2n) is 4.05. The van der Waals surface area contributed by atoms with Crippen LogP contribution in [-0.2, 0) is 4.74 Å². The van der Waals surface area contributed by atoms with E-state index in [1.807, 2.05) is 0 Å². The lowest BCUT2D eigenvalue weighted by Crippen LogP contribution is -2.23. The van der Waals surface area contributed by atoms with Gasteiger partial charge in [0.1, 0.15) is 5.82 Å². The average Bonchev–Trinajstić information content (AvgIpc) is 2.46. The largest absolute Gasteiger partial charge is 0.545 e. The third-order valence-corrected chi connectivity index (χ3v) is 2.80. The highest BCUT2D eigenvalue weighted by atomic mass is 19.1. The maximum atomic E-state index is 13.3. The molecule has 0 radical (unpaired) electrons. The maximum absolute atomic E-state index is 13.3. The van der Waals surface area contributed by atoms with Crippen molar-refractivity contribution >= 4 is 11.9 Å². The molecule has 2 rings (SSSR count). The van der Waals surface area contributed by atoms with E-state index in [-0.39, 0.29) is 0 Å². The molecule has 0 fully saturated rings. The zero-order valence-corrected chi connectivity index (χ0v) is 10.6. The van der Waals surface area contributed by atoms with E-state index in [0.717, 1.165) is 6.07 Å². The Morgan fingerprint density at radius 2 is 1.80 bits per heavy atom. The molecule has 0 aromatic heterocycles. The number of hydrogen-bond acceptors (Lipinski definition) is 4. The Kier molecular flexibility index (Phi) is 3.79. The zero-order chi connectivity index (χ0) is 14.7. The van der Waals surface area contributed by atoms with Gasteiger partial charge in [0.25, 0.3) is 0 Å². The second-order valence-corrected chi connectivity index (χ2v) is 4.05. The first-order valence-corrected chi connectivity index (χ1v) is 5.72. The number of carboxylic acid groups (broad SMARTS) is 1. The molecular formula is C15H10FO4-. The van der Waals surface area contributed by atoms with Gasteiger partial charge in [-0.05, 0) is 35.4 Å². The van der Waals surface area contributed by atoms with Gasteiger partial charge in [-0.2, -0.15) is 0 Å². The van der Waals surface area contributed by atoms with Gasteiger partial charge in [0, 0.05) is 5.56 Å². The number of methoxy groups -OCH3 is 1. The molecule has 0 N–H and O–H groups in total. The first-order chi connectivity index (χ1) is 9.52. The van der Waals surface area contributed by atoms with Crippen LogP contribution in [0.1, 0.15) is 20.7 Å². The van der Waals surface area contributed by atoms with Gasteiger partial charge >= 0.3 is 5.97 Å². The fourth-order valence-electron chi connectivity index (χ4n) is 1.80. The third-order valence-electron chi connectivity index (χ3n) is 2.80. The van der Waals surface area contributed by atoms with E-state index in [0.29, 0.717) is 16.7 Å². The van der Waals surface area contributed by atoms with Crippen LogP contribution in [0.15, 0.2) is 42.5 Å². The highest BCUT2D eigenvalue weighted by molar-refractivity contribution is 5.92. The summed E-state index contributed by atoms with van der Waals surface area (Å²) >= 11 is 0. The summed E-state index contributed by atoms with van der Waals surface area (Å²) in [4.78, 5) is 22.2. The van der Waals surface area contributed by atoms with Crippen LogP contribution in [0.4, 0.5) is 4.39 Å². The molecule has 0 bridgehead atoms. The van der Waals surface area contributed by atoms with E-state index in [9.17, 15) is 19.1 Å². The highest BCUT2D eigenvalue weighted by Gasteiger charge is 2.09.